The lowest BCUT2D eigenvalue weighted by Gasteiger charge is -2.27. The molecule has 0 aliphatic carbocycles. The predicted molar refractivity (Wildman–Crippen MR) is 131 cm³/mol. The molecule has 1 aliphatic rings. The number of benzene rings is 2. The Labute approximate surface area is 200 Å². The van der Waals surface area contributed by atoms with Crippen LogP contribution in [0.2, 0.25) is 0 Å². The molecule has 180 valence electrons. The van der Waals surface area contributed by atoms with E-state index in [1.807, 2.05) is 70.2 Å². The maximum atomic E-state index is 13.5. The molecule has 1 aliphatic heterocycles. The van der Waals surface area contributed by atoms with E-state index < -0.39 is 15.9 Å². The molecular formula is C26H30N2O5S. The highest BCUT2D eigenvalue weighted by Crippen LogP contribution is 2.29. The van der Waals surface area contributed by atoms with Crippen LogP contribution >= 0.6 is 0 Å². The number of rotatable bonds is 7. The van der Waals surface area contributed by atoms with Crippen LogP contribution in [0, 0.1) is 13.8 Å². The number of hydrogen-bond donors (Lipinski definition) is 0. The number of carbonyl (C=O) groups excluding carboxylic acids is 1. The summed E-state index contributed by atoms with van der Waals surface area (Å²) in [5.41, 5.74) is 3.95. The lowest BCUT2D eigenvalue weighted by Crippen LogP contribution is -2.40. The zero-order chi connectivity index (χ0) is 24.5. The number of hydrogen-bond acceptors (Lipinski definition) is 6. The van der Waals surface area contributed by atoms with Crippen molar-refractivity contribution in [2.45, 2.75) is 52.8 Å². The molecule has 2 heterocycles. The molecule has 1 unspecified atom stereocenters. The molecule has 7 nitrogen and oxygen atoms in total. The van der Waals surface area contributed by atoms with E-state index in [4.69, 9.17) is 9.26 Å². The Morgan fingerprint density at radius 3 is 2.50 bits per heavy atom. The van der Waals surface area contributed by atoms with Crippen LogP contribution in [0.1, 0.15) is 47.4 Å². The van der Waals surface area contributed by atoms with E-state index in [1.165, 1.54) is 0 Å². The Morgan fingerprint density at radius 2 is 1.88 bits per heavy atom. The largest absolute Gasteiger partial charge is 0.491 e. The zero-order valence-electron chi connectivity index (χ0n) is 19.9. The van der Waals surface area contributed by atoms with Crippen molar-refractivity contribution >= 4 is 15.7 Å². The van der Waals surface area contributed by atoms with Crippen molar-refractivity contribution in [3.05, 3.63) is 70.9 Å². The van der Waals surface area contributed by atoms with Gasteiger partial charge < -0.3 is 14.2 Å². The smallest absolute Gasteiger partial charge is 0.276 e. The van der Waals surface area contributed by atoms with Crippen LogP contribution in [0.3, 0.4) is 0 Å². The van der Waals surface area contributed by atoms with Crippen LogP contribution in [0.4, 0.5) is 0 Å². The van der Waals surface area contributed by atoms with Gasteiger partial charge in [0.2, 0.25) is 0 Å². The van der Waals surface area contributed by atoms with Gasteiger partial charge in [0.15, 0.2) is 21.3 Å². The molecule has 1 saturated heterocycles. The molecule has 0 saturated carbocycles. The third kappa shape index (κ3) is 5.50. The monoisotopic (exact) mass is 482 g/mol. The topological polar surface area (TPSA) is 89.7 Å². The molecule has 34 heavy (non-hydrogen) atoms. The van der Waals surface area contributed by atoms with Crippen molar-refractivity contribution in [1.29, 1.82) is 0 Å². The first kappa shape index (κ1) is 24.0. The summed E-state index contributed by atoms with van der Waals surface area (Å²) in [7, 11) is -3.16. The summed E-state index contributed by atoms with van der Waals surface area (Å²) in [6, 6.07) is 14.8. The minimum Gasteiger partial charge on any atom is -0.491 e. The molecule has 0 bridgehead atoms. The van der Waals surface area contributed by atoms with E-state index >= 15 is 0 Å². The number of aryl methyl sites for hydroxylation is 2. The highest BCUT2D eigenvalue weighted by molar-refractivity contribution is 7.91. The average Bonchev–Trinajstić information content (AvgIpc) is 3.41. The molecule has 0 N–H and O–H groups in total. The van der Waals surface area contributed by atoms with Gasteiger partial charge in [0.1, 0.15) is 5.75 Å². The third-order valence-corrected chi connectivity index (χ3v) is 7.69. The van der Waals surface area contributed by atoms with Crippen molar-refractivity contribution in [2.24, 2.45) is 0 Å². The molecule has 1 amide bonds. The van der Waals surface area contributed by atoms with Gasteiger partial charge in [-0.1, -0.05) is 35.0 Å². The van der Waals surface area contributed by atoms with Crippen LogP contribution in [-0.2, 0) is 16.4 Å². The van der Waals surface area contributed by atoms with Crippen molar-refractivity contribution in [2.75, 3.05) is 11.5 Å². The summed E-state index contributed by atoms with van der Waals surface area (Å²) in [5, 5.41) is 4.03. The minimum atomic E-state index is -3.16. The Morgan fingerprint density at radius 1 is 1.15 bits per heavy atom. The fourth-order valence-corrected chi connectivity index (χ4v) is 5.86. The van der Waals surface area contributed by atoms with Crippen molar-refractivity contribution < 1.29 is 22.5 Å². The summed E-state index contributed by atoms with van der Waals surface area (Å²) in [5.74, 6) is 0.974. The van der Waals surface area contributed by atoms with Gasteiger partial charge in [0.05, 0.1) is 17.6 Å². The number of sulfone groups is 1. The summed E-state index contributed by atoms with van der Waals surface area (Å²) >= 11 is 0. The molecule has 0 radical (unpaired) electrons. The standard InChI is InChI=1S/C26H30N2O5S/c1-17(2)32-24-10-9-21(13-19(24)4)25-14-23(27-33-25)26(29)28(22-11-12-34(30,31)16-22)15-20-7-5-18(3)6-8-20/h5-10,13-14,17,22H,11-12,15-16H2,1-4H3. The Kier molecular flexibility index (Phi) is 6.79. The third-order valence-electron chi connectivity index (χ3n) is 5.93. The van der Waals surface area contributed by atoms with E-state index in [9.17, 15) is 13.2 Å². The quantitative estimate of drug-likeness (QED) is 0.490. The normalized spacial score (nSPS) is 17.1. The van der Waals surface area contributed by atoms with Crippen LogP contribution in [0.25, 0.3) is 11.3 Å². The van der Waals surface area contributed by atoms with Crippen LogP contribution in [0.15, 0.2) is 53.1 Å². The fraction of sp³-hybridized carbons (Fsp3) is 0.385. The van der Waals surface area contributed by atoms with E-state index in [2.05, 4.69) is 5.16 Å². The second-order valence-corrected chi connectivity index (χ2v) is 11.4. The Bertz CT molecular complexity index is 1280. The molecule has 4 rings (SSSR count). The zero-order valence-corrected chi connectivity index (χ0v) is 20.8. The molecule has 1 aromatic heterocycles. The van der Waals surface area contributed by atoms with E-state index in [0.717, 1.165) is 28.0 Å². The minimum absolute atomic E-state index is 0.0359. The summed E-state index contributed by atoms with van der Waals surface area (Å²) < 4.78 is 35.6. The van der Waals surface area contributed by atoms with Crippen LogP contribution in [-0.4, -0.2) is 48.0 Å². The molecule has 1 fully saturated rings. The van der Waals surface area contributed by atoms with Crippen molar-refractivity contribution in [1.82, 2.24) is 10.1 Å². The Hall–Kier alpha value is -3.13. The lowest BCUT2D eigenvalue weighted by molar-refractivity contribution is 0.0670. The summed E-state index contributed by atoms with van der Waals surface area (Å²) in [4.78, 5) is 15.1. The SMILES string of the molecule is Cc1ccc(CN(C(=O)c2cc(-c3ccc(OC(C)C)c(C)c3)on2)C2CCS(=O)(=O)C2)cc1. The van der Waals surface area contributed by atoms with Gasteiger partial charge >= 0.3 is 0 Å². The molecule has 0 spiro atoms. The lowest BCUT2D eigenvalue weighted by atomic mass is 10.1. The van der Waals surface area contributed by atoms with Gasteiger partial charge in [0, 0.05) is 24.2 Å². The van der Waals surface area contributed by atoms with Gasteiger partial charge in [-0.05, 0) is 63.4 Å². The van der Waals surface area contributed by atoms with E-state index in [1.54, 1.807) is 11.0 Å². The van der Waals surface area contributed by atoms with Crippen LogP contribution < -0.4 is 4.74 Å². The second-order valence-electron chi connectivity index (χ2n) is 9.20. The highest BCUT2D eigenvalue weighted by Gasteiger charge is 2.36. The number of aromatic nitrogens is 1. The molecule has 2 aromatic carbocycles. The number of ether oxygens (including phenoxy) is 1. The van der Waals surface area contributed by atoms with Gasteiger partial charge in [-0.3, -0.25) is 4.79 Å². The molecular weight excluding hydrogens is 452 g/mol. The van der Waals surface area contributed by atoms with Crippen molar-refractivity contribution in [3.8, 4) is 17.1 Å². The first-order valence-electron chi connectivity index (χ1n) is 11.4. The number of amides is 1. The molecule has 8 heteroatoms. The van der Waals surface area contributed by atoms with Crippen molar-refractivity contribution in [3.63, 3.8) is 0 Å². The maximum Gasteiger partial charge on any atom is 0.276 e. The van der Waals surface area contributed by atoms with Gasteiger partial charge in [-0.15, -0.1) is 0 Å². The molecule has 3 aromatic rings. The maximum absolute atomic E-state index is 13.5. The average molecular weight is 483 g/mol. The fourth-order valence-electron chi connectivity index (χ4n) is 4.13. The Balaban J connectivity index is 1.59. The van der Waals surface area contributed by atoms with Gasteiger partial charge in [-0.25, -0.2) is 8.42 Å². The van der Waals surface area contributed by atoms with E-state index in [0.29, 0.717) is 18.7 Å². The van der Waals surface area contributed by atoms with Crippen LogP contribution in [0.5, 0.6) is 5.75 Å². The first-order valence-corrected chi connectivity index (χ1v) is 13.2. The highest BCUT2D eigenvalue weighted by atomic mass is 32.2. The number of carbonyl (C=O) groups is 1. The number of nitrogens with zero attached hydrogens (tertiary/aromatic N) is 2. The summed E-state index contributed by atoms with van der Waals surface area (Å²) in [6.45, 7) is 8.20. The van der Waals surface area contributed by atoms with Gasteiger partial charge in [-0.2, -0.15) is 0 Å². The van der Waals surface area contributed by atoms with Gasteiger partial charge in [0.25, 0.3) is 5.91 Å². The summed E-state index contributed by atoms with van der Waals surface area (Å²) in [6.07, 6.45) is 0.485. The predicted octanol–water partition coefficient (Wildman–Crippen LogP) is 4.58. The van der Waals surface area contributed by atoms with E-state index in [-0.39, 0.29) is 29.2 Å². The second kappa shape index (κ2) is 9.62. The molecule has 1 atom stereocenters. The first-order chi connectivity index (χ1) is 16.1.